The molecule has 15 heavy (non-hydrogen) atoms. The minimum absolute atomic E-state index is 0.491. The molecule has 1 unspecified atom stereocenters. The molecule has 0 radical (unpaired) electrons. The molecule has 3 amide bonds. The molecular formula is C9H6Cl2N2O2. The molecule has 0 spiro atoms. The predicted molar refractivity (Wildman–Crippen MR) is 56.7 cm³/mol. The third-order valence-corrected chi connectivity index (χ3v) is 2.73. The lowest BCUT2D eigenvalue weighted by Gasteiger charge is -2.16. The summed E-state index contributed by atoms with van der Waals surface area (Å²) in [6.07, 6.45) is 0. The van der Waals surface area contributed by atoms with Crippen LogP contribution in [0.25, 0.3) is 0 Å². The standard InChI is InChI=1S/C9H6Cl2N2O2/c10-7-8(14)13(11)9(15)12(7)6-4-2-1-3-5-6/h1-5,7H. The van der Waals surface area contributed by atoms with Crippen LogP contribution in [0.5, 0.6) is 0 Å². The van der Waals surface area contributed by atoms with Crippen LogP contribution in [-0.2, 0) is 4.79 Å². The van der Waals surface area contributed by atoms with Gasteiger partial charge in [0, 0.05) is 17.5 Å². The Morgan fingerprint density at radius 2 is 1.73 bits per heavy atom. The first-order valence-corrected chi connectivity index (χ1v) is 4.92. The fourth-order valence-electron chi connectivity index (χ4n) is 1.32. The van der Waals surface area contributed by atoms with Gasteiger partial charge in [-0.1, -0.05) is 29.8 Å². The minimum atomic E-state index is -1.07. The number of hydrogen-bond donors (Lipinski definition) is 0. The Kier molecular flexibility index (Phi) is 2.54. The molecule has 1 aliphatic rings. The molecule has 0 bridgehead atoms. The third-order valence-electron chi connectivity index (χ3n) is 2.03. The highest BCUT2D eigenvalue weighted by Crippen LogP contribution is 2.28. The summed E-state index contributed by atoms with van der Waals surface area (Å²) in [6, 6.07) is 8.01. The number of urea groups is 1. The Bertz CT molecular complexity index is 410. The largest absolute Gasteiger partial charge is 0.348 e. The second-order valence-corrected chi connectivity index (χ2v) is 3.69. The summed E-state index contributed by atoms with van der Waals surface area (Å²) in [5.74, 6) is -0.632. The maximum absolute atomic E-state index is 11.5. The van der Waals surface area contributed by atoms with Crippen molar-refractivity contribution in [1.29, 1.82) is 0 Å². The quantitative estimate of drug-likeness (QED) is 0.329. The Morgan fingerprint density at radius 3 is 2.20 bits per heavy atom. The highest BCUT2D eigenvalue weighted by Gasteiger charge is 2.44. The topological polar surface area (TPSA) is 40.6 Å². The second kappa shape index (κ2) is 3.72. The van der Waals surface area contributed by atoms with E-state index in [1.165, 1.54) is 0 Å². The number of carbonyl (C=O) groups is 2. The molecular weight excluding hydrogens is 239 g/mol. The SMILES string of the molecule is O=C1C(Cl)N(c2ccccc2)C(=O)N1Cl. The van der Waals surface area contributed by atoms with Gasteiger partial charge in [-0.05, 0) is 12.1 Å². The zero-order valence-corrected chi connectivity index (χ0v) is 8.94. The van der Waals surface area contributed by atoms with Crippen molar-refractivity contribution in [3.63, 3.8) is 0 Å². The molecule has 2 rings (SSSR count). The van der Waals surface area contributed by atoms with Crippen LogP contribution in [0, 0.1) is 0 Å². The van der Waals surface area contributed by atoms with E-state index in [0.29, 0.717) is 10.1 Å². The molecule has 1 atom stereocenters. The highest BCUT2D eigenvalue weighted by molar-refractivity contribution is 6.45. The Hall–Kier alpha value is -1.26. The first kappa shape index (κ1) is 10.3. The van der Waals surface area contributed by atoms with Crippen molar-refractivity contribution in [3.05, 3.63) is 30.3 Å². The summed E-state index contributed by atoms with van der Waals surface area (Å²) in [5, 5.41) is 0. The number of rotatable bonds is 1. The van der Waals surface area contributed by atoms with Gasteiger partial charge in [0.1, 0.15) is 0 Å². The Morgan fingerprint density at radius 1 is 1.13 bits per heavy atom. The maximum Gasteiger partial charge on any atom is 0.348 e. The fraction of sp³-hybridized carbons (Fsp3) is 0.111. The van der Waals surface area contributed by atoms with Crippen molar-refractivity contribution in [2.24, 2.45) is 0 Å². The number of amides is 3. The van der Waals surface area contributed by atoms with Crippen LogP contribution in [0.1, 0.15) is 0 Å². The Balaban J connectivity index is 2.39. The van der Waals surface area contributed by atoms with Crippen molar-refractivity contribution in [2.75, 3.05) is 4.90 Å². The number of hydrogen-bond acceptors (Lipinski definition) is 2. The van der Waals surface area contributed by atoms with E-state index in [2.05, 4.69) is 0 Å². The number of benzene rings is 1. The summed E-state index contributed by atoms with van der Waals surface area (Å²) < 4.78 is 0.491. The molecule has 1 aromatic carbocycles. The van der Waals surface area contributed by atoms with Gasteiger partial charge in [0.05, 0.1) is 0 Å². The minimum Gasteiger partial charge on any atom is -0.269 e. The van der Waals surface area contributed by atoms with Crippen molar-refractivity contribution in [1.82, 2.24) is 4.42 Å². The summed E-state index contributed by atoms with van der Waals surface area (Å²) >= 11 is 11.2. The van der Waals surface area contributed by atoms with E-state index in [4.69, 9.17) is 23.4 Å². The molecule has 1 heterocycles. The van der Waals surface area contributed by atoms with Crippen molar-refractivity contribution in [2.45, 2.75) is 5.50 Å². The predicted octanol–water partition coefficient (Wildman–Crippen LogP) is 2.17. The normalized spacial score (nSPS) is 21.3. The molecule has 0 aliphatic carbocycles. The van der Waals surface area contributed by atoms with Crippen LogP contribution in [0.15, 0.2) is 30.3 Å². The number of alkyl halides is 1. The van der Waals surface area contributed by atoms with E-state index < -0.39 is 17.4 Å². The molecule has 0 N–H and O–H groups in total. The summed E-state index contributed by atoms with van der Waals surface area (Å²) in [5.41, 5.74) is -0.531. The zero-order chi connectivity index (χ0) is 11.0. The fourth-order valence-corrected chi connectivity index (χ4v) is 1.84. The summed E-state index contributed by atoms with van der Waals surface area (Å²) in [7, 11) is 0. The molecule has 78 valence electrons. The van der Waals surface area contributed by atoms with Gasteiger partial charge >= 0.3 is 6.03 Å². The van der Waals surface area contributed by atoms with Gasteiger partial charge in [-0.2, -0.15) is 4.42 Å². The first-order chi connectivity index (χ1) is 7.13. The Labute approximate surface area is 96.1 Å². The van der Waals surface area contributed by atoms with Gasteiger partial charge in [-0.3, -0.25) is 9.69 Å². The number of carbonyl (C=O) groups excluding carboxylic acids is 2. The number of imide groups is 1. The molecule has 1 aliphatic heterocycles. The zero-order valence-electron chi connectivity index (χ0n) is 7.43. The van der Waals surface area contributed by atoms with Crippen LogP contribution in [-0.4, -0.2) is 21.9 Å². The first-order valence-electron chi connectivity index (χ1n) is 4.15. The second-order valence-electron chi connectivity index (χ2n) is 2.94. The maximum atomic E-state index is 11.5. The molecule has 0 saturated carbocycles. The lowest BCUT2D eigenvalue weighted by molar-refractivity contribution is -0.122. The molecule has 6 heteroatoms. The summed E-state index contributed by atoms with van der Waals surface area (Å²) in [4.78, 5) is 24.0. The average Bonchev–Trinajstić information content (AvgIpc) is 2.45. The van der Waals surface area contributed by atoms with Crippen molar-refractivity contribution >= 4 is 41.0 Å². The molecule has 1 aromatic rings. The number of nitrogens with zero attached hydrogens (tertiary/aromatic N) is 2. The van der Waals surface area contributed by atoms with Crippen molar-refractivity contribution in [3.8, 4) is 0 Å². The van der Waals surface area contributed by atoms with Crippen molar-refractivity contribution < 1.29 is 9.59 Å². The van der Waals surface area contributed by atoms with Gasteiger partial charge in [-0.15, -0.1) is 0 Å². The molecule has 1 saturated heterocycles. The van der Waals surface area contributed by atoms with Crippen LogP contribution >= 0.6 is 23.4 Å². The van der Waals surface area contributed by atoms with E-state index >= 15 is 0 Å². The number of halogens is 2. The van der Waals surface area contributed by atoms with E-state index in [-0.39, 0.29) is 0 Å². The monoisotopic (exact) mass is 244 g/mol. The van der Waals surface area contributed by atoms with Crippen LogP contribution < -0.4 is 4.90 Å². The molecule has 1 fully saturated rings. The van der Waals surface area contributed by atoms with Gasteiger partial charge < -0.3 is 0 Å². The van der Waals surface area contributed by atoms with E-state index in [1.807, 2.05) is 0 Å². The van der Waals surface area contributed by atoms with Crippen LogP contribution in [0.4, 0.5) is 10.5 Å². The average molecular weight is 245 g/mol. The lowest BCUT2D eigenvalue weighted by atomic mass is 10.3. The lowest BCUT2D eigenvalue weighted by Crippen LogP contribution is -2.30. The number of para-hydroxylation sites is 1. The van der Waals surface area contributed by atoms with Gasteiger partial charge in [0.2, 0.25) is 0 Å². The van der Waals surface area contributed by atoms with Crippen LogP contribution in [0.2, 0.25) is 0 Å². The highest BCUT2D eigenvalue weighted by atomic mass is 35.5. The smallest absolute Gasteiger partial charge is 0.269 e. The van der Waals surface area contributed by atoms with Crippen LogP contribution in [0.3, 0.4) is 0 Å². The number of anilines is 1. The van der Waals surface area contributed by atoms with Gasteiger partial charge in [0.25, 0.3) is 5.91 Å². The van der Waals surface area contributed by atoms with E-state index in [9.17, 15) is 9.59 Å². The summed E-state index contributed by atoms with van der Waals surface area (Å²) in [6.45, 7) is 0. The van der Waals surface area contributed by atoms with E-state index in [0.717, 1.165) is 4.90 Å². The van der Waals surface area contributed by atoms with E-state index in [1.54, 1.807) is 30.3 Å². The van der Waals surface area contributed by atoms with Gasteiger partial charge in [0.15, 0.2) is 5.50 Å². The third kappa shape index (κ3) is 1.56. The van der Waals surface area contributed by atoms with Gasteiger partial charge in [-0.25, -0.2) is 4.79 Å². The molecule has 0 aromatic heterocycles. The molecule has 4 nitrogen and oxygen atoms in total.